The van der Waals surface area contributed by atoms with Crippen molar-refractivity contribution in [3.8, 4) is 0 Å². The van der Waals surface area contributed by atoms with Gasteiger partial charge in [-0.25, -0.2) is 0 Å². The average molecular weight is 180 g/mol. The van der Waals surface area contributed by atoms with Crippen LogP contribution in [0.15, 0.2) is 24.4 Å². The zero-order valence-corrected chi connectivity index (χ0v) is 7.40. The van der Waals surface area contributed by atoms with Crippen LogP contribution in [-0.2, 0) is 11.8 Å². The highest BCUT2D eigenvalue weighted by Gasteiger charge is 1.99. The third kappa shape index (κ3) is 2.72. The lowest BCUT2D eigenvalue weighted by Crippen LogP contribution is -2.11. The normalized spacial score (nSPS) is 10.6. The minimum atomic E-state index is -0.200. The molecule has 13 heavy (non-hydrogen) atoms. The number of carbonyl (C=O) groups is 1. The summed E-state index contributed by atoms with van der Waals surface area (Å²) in [5.41, 5.74) is 5.20. The van der Waals surface area contributed by atoms with E-state index in [9.17, 15) is 4.79 Å². The predicted octanol–water partition coefficient (Wildman–Crippen LogP) is -0.126. The summed E-state index contributed by atoms with van der Waals surface area (Å²) in [5, 5.41) is 6.55. The van der Waals surface area contributed by atoms with E-state index in [0.717, 1.165) is 0 Å². The lowest BCUT2D eigenvalue weighted by molar-refractivity contribution is -0.112. The van der Waals surface area contributed by atoms with Gasteiger partial charge in [0.2, 0.25) is 5.91 Å². The molecule has 0 bridgehead atoms. The van der Waals surface area contributed by atoms with E-state index in [-0.39, 0.29) is 5.91 Å². The maximum Gasteiger partial charge on any atom is 0.249 e. The van der Waals surface area contributed by atoms with Crippen LogP contribution >= 0.6 is 0 Å². The number of aromatic nitrogens is 2. The molecule has 0 saturated carbocycles. The zero-order valence-electron chi connectivity index (χ0n) is 7.40. The van der Waals surface area contributed by atoms with Gasteiger partial charge < -0.3 is 11.1 Å². The van der Waals surface area contributed by atoms with Crippen molar-refractivity contribution in [1.82, 2.24) is 9.78 Å². The van der Waals surface area contributed by atoms with Crippen molar-refractivity contribution in [3.63, 3.8) is 0 Å². The lowest BCUT2D eigenvalue weighted by atomic mass is 10.4. The Hall–Kier alpha value is -1.62. The molecule has 70 valence electrons. The van der Waals surface area contributed by atoms with Gasteiger partial charge >= 0.3 is 0 Å². The van der Waals surface area contributed by atoms with E-state index in [1.807, 2.05) is 0 Å². The van der Waals surface area contributed by atoms with E-state index in [2.05, 4.69) is 10.4 Å². The summed E-state index contributed by atoms with van der Waals surface area (Å²) in [7, 11) is 1.75. The smallest absolute Gasteiger partial charge is 0.249 e. The highest BCUT2D eigenvalue weighted by Crippen LogP contribution is 2.02. The molecule has 1 aromatic heterocycles. The highest BCUT2D eigenvalue weighted by molar-refractivity contribution is 5.98. The third-order valence-corrected chi connectivity index (χ3v) is 1.48. The Balaban J connectivity index is 2.55. The number of nitrogens with zero attached hydrogens (tertiary/aromatic N) is 2. The molecule has 0 spiro atoms. The third-order valence-electron chi connectivity index (χ3n) is 1.48. The van der Waals surface area contributed by atoms with E-state index in [1.165, 1.54) is 6.08 Å². The molecule has 0 aliphatic heterocycles. The Labute approximate surface area is 76.2 Å². The number of rotatable bonds is 3. The van der Waals surface area contributed by atoms with Crippen LogP contribution in [0.5, 0.6) is 0 Å². The summed E-state index contributed by atoms with van der Waals surface area (Å²) in [5.74, 6) is 0.459. The van der Waals surface area contributed by atoms with E-state index >= 15 is 0 Å². The maximum atomic E-state index is 11.1. The first kappa shape index (κ1) is 9.47. The standard InChI is InChI=1S/C8H12N4O/c1-12-7(4-6-10-12)11-8(13)3-2-5-9/h2-4,6H,5,9H2,1H3,(H,11,13)/b3-2+. The molecule has 1 amide bonds. The summed E-state index contributed by atoms with van der Waals surface area (Å²) in [6.07, 6.45) is 4.60. The molecule has 0 fully saturated rings. The summed E-state index contributed by atoms with van der Waals surface area (Å²) in [6, 6.07) is 1.72. The van der Waals surface area contributed by atoms with Crippen molar-refractivity contribution >= 4 is 11.7 Å². The first-order chi connectivity index (χ1) is 6.24. The number of carbonyl (C=O) groups excluding carboxylic acids is 1. The van der Waals surface area contributed by atoms with Gasteiger partial charge in [-0.1, -0.05) is 6.08 Å². The fourth-order valence-corrected chi connectivity index (χ4v) is 0.840. The molecule has 0 aliphatic rings. The Morgan fingerprint density at radius 3 is 3.15 bits per heavy atom. The molecule has 5 heteroatoms. The number of hydrogen-bond donors (Lipinski definition) is 2. The van der Waals surface area contributed by atoms with Crippen molar-refractivity contribution < 1.29 is 4.79 Å². The van der Waals surface area contributed by atoms with Crippen molar-refractivity contribution in [3.05, 3.63) is 24.4 Å². The number of nitrogens with one attached hydrogen (secondary N) is 1. The van der Waals surface area contributed by atoms with Crippen molar-refractivity contribution in [2.45, 2.75) is 0 Å². The van der Waals surface area contributed by atoms with Gasteiger partial charge in [-0.05, 0) is 0 Å². The topological polar surface area (TPSA) is 72.9 Å². The quantitative estimate of drug-likeness (QED) is 0.636. The molecule has 1 heterocycles. The molecule has 0 unspecified atom stereocenters. The molecule has 0 saturated heterocycles. The van der Waals surface area contributed by atoms with Crippen molar-refractivity contribution in [2.24, 2.45) is 12.8 Å². The van der Waals surface area contributed by atoms with Crippen LogP contribution in [0.3, 0.4) is 0 Å². The summed E-state index contributed by atoms with van der Waals surface area (Å²) < 4.78 is 1.58. The molecule has 3 N–H and O–H groups in total. The van der Waals surface area contributed by atoms with Crippen molar-refractivity contribution in [1.29, 1.82) is 0 Å². The van der Waals surface area contributed by atoms with Gasteiger partial charge in [0.25, 0.3) is 0 Å². The molecule has 1 rings (SSSR count). The molecule has 0 aliphatic carbocycles. The van der Waals surface area contributed by atoms with Crippen LogP contribution in [0.2, 0.25) is 0 Å². The number of anilines is 1. The van der Waals surface area contributed by atoms with Gasteiger partial charge in [0.1, 0.15) is 5.82 Å². The first-order valence-corrected chi connectivity index (χ1v) is 3.89. The second-order valence-electron chi connectivity index (χ2n) is 2.47. The van der Waals surface area contributed by atoms with Gasteiger partial charge in [0.15, 0.2) is 0 Å². The Bertz CT molecular complexity index is 316. The van der Waals surface area contributed by atoms with Crippen LogP contribution in [0.1, 0.15) is 0 Å². The van der Waals surface area contributed by atoms with Gasteiger partial charge in [-0.15, -0.1) is 0 Å². The molecule has 1 aromatic rings. The van der Waals surface area contributed by atoms with E-state index in [0.29, 0.717) is 12.4 Å². The molecule has 0 aromatic carbocycles. The SMILES string of the molecule is Cn1nccc1NC(=O)/C=C/CN. The highest BCUT2D eigenvalue weighted by atomic mass is 16.1. The first-order valence-electron chi connectivity index (χ1n) is 3.89. The van der Waals surface area contributed by atoms with Gasteiger partial charge in [-0.2, -0.15) is 5.10 Å². The molecular weight excluding hydrogens is 168 g/mol. The summed E-state index contributed by atoms with van der Waals surface area (Å²) >= 11 is 0. The number of hydrogen-bond acceptors (Lipinski definition) is 3. The molecular formula is C8H12N4O. The van der Waals surface area contributed by atoms with Crippen LogP contribution in [0.4, 0.5) is 5.82 Å². The van der Waals surface area contributed by atoms with Gasteiger partial charge in [-0.3, -0.25) is 9.48 Å². The number of nitrogens with two attached hydrogens (primary N) is 1. The lowest BCUT2D eigenvalue weighted by Gasteiger charge is -2.00. The Kier molecular flexibility index (Phi) is 3.22. The van der Waals surface area contributed by atoms with Crippen molar-refractivity contribution in [2.75, 3.05) is 11.9 Å². The number of aryl methyl sites for hydroxylation is 1. The predicted molar refractivity (Wildman–Crippen MR) is 50.0 cm³/mol. The fourth-order valence-electron chi connectivity index (χ4n) is 0.840. The van der Waals surface area contributed by atoms with E-state index in [4.69, 9.17) is 5.73 Å². The summed E-state index contributed by atoms with van der Waals surface area (Å²) in [4.78, 5) is 11.1. The van der Waals surface area contributed by atoms with Gasteiger partial charge in [0, 0.05) is 25.7 Å². The monoisotopic (exact) mass is 180 g/mol. The van der Waals surface area contributed by atoms with Crippen LogP contribution < -0.4 is 11.1 Å². The fraction of sp³-hybridized carbons (Fsp3) is 0.250. The van der Waals surface area contributed by atoms with E-state index in [1.54, 1.807) is 30.1 Å². The Morgan fingerprint density at radius 1 is 1.85 bits per heavy atom. The summed E-state index contributed by atoms with van der Waals surface area (Å²) in [6.45, 7) is 0.360. The van der Waals surface area contributed by atoms with Crippen LogP contribution in [-0.4, -0.2) is 22.2 Å². The van der Waals surface area contributed by atoms with Crippen LogP contribution in [0.25, 0.3) is 0 Å². The van der Waals surface area contributed by atoms with E-state index < -0.39 is 0 Å². The number of amides is 1. The minimum Gasteiger partial charge on any atom is -0.327 e. The maximum absolute atomic E-state index is 11.1. The molecule has 0 atom stereocenters. The molecule has 0 radical (unpaired) electrons. The minimum absolute atomic E-state index is 0.200. The largest absolute Gasteiger partial charge is 0.327 e. The Morgan fingerprint density at radius 2 is 2.62 bits per heavy atom. The second-order valence-corrected chi connectivity index (χ2v) is 2.47. The second kappa shape index (κ2) is 4.42. The average Bonchev–Trinajstić information content (AvgIpc) is 2.48. The van der Waals surface area contributed by atoms with Gasteiger partial charge in [0.05, 0.1) is 6.20 Å². The zero-order chi connectivity index (χ0) is 9.68. The molecule has 5 nitrogen and oxygen atoms in total. The van der Waals surface area contributed by atoms with Crippen LogP contribution in [0, 0.1) is 0 Å².